The number of hydrogen-bond acceptors (Lipinski definition) is 3. The van der Waals surface area contributed by atoms with Gasteiger partial charge in [-0.15, -0.1) is 0 Å². The van der Waals surface area contributed by atoms with Crippen molar-refractivity contribution < 1.29 is 4.74 Å². The van der Waals surface area contributed by atoms with E-state index in [4.69, 9.17) is 10.6 Å². The molecule has 0 saturated carbocycles. The van der Waals surface area contributed by atoms with Gasteiger partial charge in [0.05, 0.1) is 0 Å². The van der Waals surface area contributed by atoms with E-state index in [1.807, 2.05) is 0 Å². The molecule has 0 bridgehead atoms. The molecule has 3 heteroatoms. The topological polar surface area (TPSA) is 47.3 Å². The van der Waals surface area contributed by atoms with Crippen molar-refractivity contribution >= 4 is 0 Å². The summed E-state index contributed by atoms with van der Waals surface area (Å²) in [6, 6.07) is 0.382. The Morgan fingerprint density at radius 2 is 2.08 bits per heavy atom. The summed E-state index contributed by atoms with van der Waals surface area (Å²) in [5, 5.41) is 0. The second-order valence-electron chi connectivity index (χ2n) is 4.20. The number of hydrogen-bond donors (Lipinski definition) is 2. The fourth-order valence-corrected chi connectivity index (χ4v) is 1.38. The Bertz CT molecular complexity index is 126. The summed E-state index contributed by atoms with van der Waals surface area (Å²) in [6.07, 6.45) is 3.27. The largest absolute Gasteiger partial charge is 0.385 e. The van der Waals surface area contributed by atoms with Crippen LogP contribution in [-0.4, -0.2) is 19.8 Å². The number of ether oxygens (including phenoxy) is 1. The van der Waals surface area contributed by atoms with Gasteiger partial charge in [0.2, 0.25) is 0 Å². The van der Waals surface area contributed by atoms with Crippen molar-refractivity contribution in [2.45, 2.75) is 46.1 Å². The van der Waals surface area contributed by atoms with Crippen LogP contribution in [0.5, 0.6) is 0 Å². The Balaban J connectivity index is 3.87. The lowest BCUT2D eigenvalue weighted by molar-refractivity contribution is 0.166. The molecular weight excluding hydrogens is 164 g/mol. The Hall–Kier alpha value is -0.120. The van der Waals surface area contributed by atoms with E-state index in [2.05, 4.69) is 26.2 Å². The lowest BCUT2D eigenvalue weighted by Crippen LogP contribution is -2.45. The molecule has 0 radical (unpaired) electrons. The van der Waals surface area contributed by atoms with Crippen LogP contribution < -0.4 is 11.3 Å². The zero-order chi connectivity index (χ0) is 10.3. The predicted molar refractivity (Wildman–Crippen MR) is 56.3 cm³/mol. The summed E-state index contributed by atoms with van der Waals surface area (Å²) >= 11 is 0. The molecule has 0 rings (SSSR count). The van der Waals surface area contributed by atoms with Gasteiger partial charge in [0.15, 0.2) is 0 Å². The average molecular weight is 188 g/mol. The fourth-order valence-electron chi connectivity index (χ4n) is 1.38. The van der Waals surface area contributed by atoms with E-state index >= 15 is 0 Å². The molecule has 0 heterocycles. The van der Waals surface area contributed by atoms with Gasteiger partial charge in [-0.25, -0.2) is 0 Å². The van der Waals surface area contributed by atoms with E-state index in [9.17, 15) is 0 Å². The molecule has 80 valence electrons. The van der Waals surface area contributed by atoms with E-state index < -0.39 is 0 Å². The molecule has 0 spiro atoms. The number of nitrogens with two attached hydrogens (primary N) is 1. The molecule has 0 aliphatic carbocycles. The molecule has 3 N–H and O–H groups in total. The van der Waals surface area contributed by atoms with Gasteiger partial charge in [-0.1, -0.05) is 20.8 Å². The van der Waals surface area contributed by atoms with Gasteiger partial charge in [0.25, 0.3) is 0 Å². The standard InChI is InChI=1S/C10H24N2O/c1-5-10(2,3)9(12-11)7-6-8-13-4/h9,12H,5-8,11H2,1-4H3. The molecule has 1 unspecified atom stereocenters. The van der Waals surface area contributed by atoms with Crippen LogP contribution in [0.2, 0.25) is 0 Å². The molecule has 0 aromatic carbocycles. The van der Waals surface area contributed by atoms with Crippen LogP contribution in [0.15, 0.2) is 0 Å². The van der Waals surface area contributed by atoms with Crippen molar-refractivity contribution in [3.63, 3.8) is 0 Å². The summed E-state index contributed by atoms with van der Waals surface area (Å²) in [7, 11) is 1.73. The van der Waals surface area contributed by atoms with Crippen molar-refractivity contribution in [3.05, 3.63) is 0 Å². The zero-order valence-corrected chi connectivity index (χ0v) is 9.39. The van der Waals surface area contributed by atoms with Gasteiger partial charge in [-0.05, 0) is 24.7 Å². The Kier molecular flexibility index (Phi) is 6.29. The highest BCUT2D eigenvalue weighted by Crippen LogP contribution is 2.26. The third-order valence-electron chi connectivity index (χ3n) is 2.90. The van der Waals surface area contributed by atoms with Crippen molar-refractivity contribution in [2.75, 3.05) is 13.7 Å². The predicted octanol–water partition coefficient (Wildman–Crippen LogP) is 1.68. The minimum atomic E-state index is 0.266. The van der Waals surface area contributed by atoms with E-state index in [0.29, 0.717) is 6.04 Å². The van der Waals surface area contributed by atoms with Crippen LogP contribution in [-0.2, 0) is 4.74 Å². The van der Waals surface area contributed by atoms with E-state index in [1.165, 1.54) is 0 Å². The van der Waals surface area contributed by atoms with Crippen LogP contribution in [0.1, 0.15) is 40.0 Å². The van der Waals surface area contributed by atoms with Crippen LogP contribution in [0.25, 0.3) is 0 Å². The second kappa shape index (κ2) is 6.35. The lowest BCUT2D eigenvalue weighted by Gasteiger charge is -2.32. The van der Waals surface area contributed by atoms with Crippen molar-refractivity contribution in [2.24, 2.45) is 11.3 Å². The smallest absolute Gasteiger partial charge is 0.0462 e. The molecular formula is C10H24N2O. The summed E-state index contributed by atoms with van der Waals surface area (Å²) in [5.74, 6) is 5.53. The first-order valence-electron chi connectivity index (χ1n) is 5.03. The van der Waals surface area contributed by atoms with Crippen LogP contribution >= 0.6 is 0 Å². The summed E-state index contributed by atoms with van der Waals surface area (Å²) < 4.78 is 5.01. The fraction of sp³-hybridized carbons (Fsp3) is 1.00. The highest BCUT2D eigenvalue weighted by Gasteiger charge is 2.25. The molecule has 0 saturated heterocycles. The third kappa shape index (κ3) is 4.60. The van der Waals surface area contributed by atoms with Crippen LogP contribution in [0.4, 0.5) is 0 Å². The summed E-state index contributed by atoms with van der Waals surface area (Å²) in [4.78, 5) is 0. The minimum absolute atomic E-state index is 0.266. The highest BCUT2D eigenvalue weighted by molar-refractivity contribution is 4.81. The van der Waals surface area contributed by atoms with Crippen LogP contribution in [0, 0.1) is 5.41 Å². The molecule has 13 heavy (non-hydrogen) atoms. The monoisotopic (exact) mass is 188 g/mol. The van der Waals surface area contributed by atoms with E-state index in [1.54, 1.807) is 7.11 Å². The zero-order valence-electron chi connectivity index (χ0n) is 9.39. The molecule has 0 aliphatic heterocycles. The SMILES string of the molecule is CCC(C)(C)C(CCCOC)NN. The maximum absolute atomic E-state index is 5.53. The molecule has 0 amide bonds. The highest BCUT2D eigenvalue weighted by atomic mass is 16.5. The van der Waals surface area contributed by atoms with Gasteiger partial charge in [0.1, 0.15) is 0 Å². The first kappa shape index (κ1) is 12.9. The quantitative estimate of drug-likeness (QED) is 0.363. The number of methoxy groups -OCH3 is 1. The normalized spacial score (nSPS) is 14.5. The van der Waals surface area contributed by atoms with Crippen molar-refractivity contribution in [1.82, 2.24) is 5.43 Å². The Morgan fingerprint density at radius 1 is 1.46 bits per heavy atom. The van der Waals surface area contributed by atoms with Gasteiger partial charge in [0, 0.05) is 19.8 Å². The first-order chi connectivity index (χ1) is 6.08. The molecule has 0 aromatic rings. The molecule has 0 fully saturated rings. The Morgan fingerprint density at radius 3 is 2.46 bits per heavy atom. The third-order valence-corrected chi connectivity index (χ3v) is 2.90. The summed E-state index contributed by atoms with van der Waals surface area (Å²) in [5.41, 5.74) is 3.16. The van der Waals surface area contributed by atoms with Crippen LogP contribution in [0.3, 0.4) is 0 Å². The number of rotatable bonds is 7. The molecule has 3 nitrogen and oxygen atoms in total. The Labute approximate surface area is 82.0 Å². The maximum Gasteiger partial charge on any atom is 0.0462 e. The van der Waals surface area contributed by atoms with Gasteiger partial charge in [-0.2, -0.15) is 0 Å². The average Bonchev–Trinajstić information content (AvgIpc) is 2.12. The van der Waals surface area contributed by atoms with Gasteiger partial charge >= 0.3 is 0 Å². The van der Waals surface area contributed by atoms with Crippen molar-refractivity contribution in [3.8, 4) is 0 Å². The van der Waals surface area contributed by atoms with E-state index in [-0.39, 0.29) is 5.41 Å². The number of nitrogens with one attached hydrogen (secondary N) is 1. The molecule has 0 aliphatic rings. The maximum atomic E-state index is 5.53. The van der Waals surface area contributed by atoms with E-state index in [0.717, 1.165) is 25.9 Å². The van der Waals surface area contributed by atoms with Crippen molar-refractivity contribution in [1.29, 1.82) is 0 Å². The minimum Gasteiger partial charge on any atom is -0.385 e. The number of hydrazine groups is 1. The summed E-state index contributed by atoms with van der Waals surface area (Å²) in [6.45, 7) is 7.49. The lowest BCUT2D eigenvalue weighted by atomic mass is 9.80. The second-order valence-corrected chi connectivity index (χ2v) is 4.20. The molecule has 1 atom stereocenters. The molecule has 0 aromatic heterocycles. The van der Waals surface area contributed by atoms with Gasteiger partial charge < -0.3 is 4.74 Å². The van der Waals surface area contributed by atoms with Gasteiger partial charge in [-0.3, -0.25) is 11.3 Å². The first-order valence-corrected chi connectivity index (χ1v) is 5.03.